The third-order valence-corrected chi connectivity index (χ3v) is 5.90. The maximum atomic E-state index is 13.2. The van der Waals surface area contributed by atoms with Crippen molar-refractivity contribution in [3.05, 3.63) is 82.7 Å². The molecule has 0 radical (unpaired) electrons. The van der Waals surface area contributed by atoms with Crippen molar-refractivity contribution >= 4 is 5.52 Å². The summed E-state index contributed by atoms with van der Waals surface area (Å²) in [5, 5.41) is 4.56. The minimum Gasteiger partial charge on any atom is -0.494 e. The highest BCUT2D eigenvalue weighted by molar-refractivity contribution is 5.68. The molecule has 0 atom stereocenters. The van der Waals surface area contributed by atoms with E-state index in [4.69, 9.17) is 18.6 Å². The van der Waals surface area contributed by atoms with Gasteiger partial charge in [-0.15, -0.1) is 0 Å². The van der Waals surface area contributed by atoms with E-state index in [1.165, 1.54) is 0 Å². The lowest BCUT2D eigenvalue weighted by atomic mass is 10.1. The third-order valence-electron chi connectivity index (χ3n) is 5.90. The van der Waals surface area contributed by atoms with E-state index in [1.54, 1.807) is 27.5 Å². The van der Waals surface area contributed by atoms with E-state index in [-0.39, 0.29) is 18.9 Å². The van der Waals surface area contributed by atoms with E-state index in [2.05, 4.69) is 10.1 Å². The summed E-state index contributed by atoms with van der Waals surface area (Å²) in [6.45, 7) is 4.89. The predicted octanol–water partition coefficient (Wildman–Crippen LogP) is 4.30. The molecule has 3 aromatic heterocycles. The summed E-state index contributed by atoms with van der Waals surface area (Å²) in [6.07, 6.45) is 3.46. The highest BCUT2D eigenvalue weighted by Crippen LogP contribution is 2.35. The van der Waals surface area contributed by atoms with Crippen molar-refractivity contribution in [1.29, 1.82) is 0 Å². The zero-order valence-electron chi connectivity index (χ0n) is 19.2. The Bertz CT molecular complexity index is 1600. The molecule has 0 spiro atoms. The van der Waals surface area contributed by atoms with Crippen LogP contribution in [0.1, 0.15) is 18.4 Å². The maximum Gasteiger partial charge on any atom is 0.276 e. The van der Waals surface area contributed by atoms with Gasteiger partial charge in [-0.2, -0.15) is 5.10 Å². The molecule has 0 N–H and O–H groups in total. The second-order valence-electron chi connectivity index (χ2n) is 8.14. The average Bonchev–Trinajstić information content (AvgIpc) is 3.60. The minimum atomic E-state index is -0.169. The lowest BCUT2D eigenvalue weighted by Crippen LogP contribution is -2.22. The number of ether oxygens (including phenoxy) is 3. The van der Waals surface area contributed by atoms with E-state index in [0.29, 0.717) is 46.7 Å². The molecule has 4 heterocycles. The summed E-state index contributed by atoms with van der Waals surface area (Å²) in [5.41, 5.74) is 3.35. The smallest absolute Gasteiger partial charge is 0.276 e. The van der Waals surface area contributed by atoms with Gasteiger partial charge in [0.15, 0.2) is 11.5 Å². The summed E-state index contributed by atoms with van der Waals surface area (Å²) >= 11 is 0. The van der Waals surface area contributed by atoms with Crippen molar-refractivity contribution in [3.63, 3.8) is 0 Å². The second kappa shape index (κ2) is 8.35. The first kappa shape index (κ1) is 21.0. The van der Waals surface area contributed by atoms with Gasteiger partial charge in [-0.25, -0.2) is 9.50 Å². The van der Waals surface area contributed by atoms with E-state index < -0.39 is 0 Å². The summed E-state index contributed by atoms with van der Waals surface area (Å²) in [6, 6.07) is 15.0. The molecule has 0 fully saturated rings. The summed E-state index contributed by atoms with van der Waals surface area (Å²) in [5.74, 6) is 3.33. The van der Waals surface area contributed by atoms with Crippen LogP contribution in [0.5, 0.6) is 17.2 Å². The number of aryl methyl sites for hydroxylation is 1. The van der Waals surface area contributed by atoms with Crippen LogP contribution in [0, 0.1) is 6.92 Å². The number of hydrogen-bond acceptors (Lipinski definition) is 7. The normalized spacial score (nSPS) is 12.4. The lowest BCUT2D eigenvalue weighted by Gasteiger charge is -2.04. The first-order chi connectivity index (χ1) is 17.1. The fourth-order valence-corrected chi connectivity index (χ4v) is 4.07. The molecule has 2 aromatic carbocycles. The van der Waals surface area contributed by atoms with Gasteiger partial charge >= 0.3 is 0 Å². The van der Waals surface area contributed by atoms with Crippen molar-refractivity contribution in [1.82, 2.24) is 19.2 Å². The molecule has 9 nitrogen and oxygen atoms in total. The number of hydrogen-bond donors (Lipinski definition) is 0. The van der Waals surface area contributed by atoms with Crippen LogP contribution in [-0.4, -0.2) is 32.6 Å². The molecule has 176 valence electrons. The van der Waals surface area contributed by atoms with Gasteiger partial charge < -0.3 is 23.2 Å². The highest BCUT2D eigenvalue weighted by Gasteiger charge is 2.17. The number of rotatable bonds is 6. The lowest BCUT2D eigenvalue weighted by molar-refractivity contribution is 0.174. The monoisotopic (exact) mass is 470 g/mol. The molecule has 0 unspecified atom stereocenters. The Balaban J connectivity index is 1.29. The molecule has 0 amide bonds. The van der Waals surface area contributed by atoms with Crippen LogP contribution in [0.3, 0.4) is 0 Å². The van der Waals surface area contributed by atoms with Crippen molar-refractivity contribution in [2.45, 2.75) is 20.4 Å². The SMILES string of the molecule is CCOc1ccc(-c2nc(Cn3ccn4nc(-c5ccc6c(c5)OCO6)cc4c3=O)c(C)o2)cc1. The zero-order valence-corrected chi connectivity index (χ0v) is 19.2. The molecule has 6 rings (SSSR count). The number of nitrogens with zero attached hydrogens (tertiary/aromatic N) is 4. The van der Waals surface area contributed by atoms with Gasteiger partial charge in [0.2, 0.25) is 12.7 Å². The van der Waals surface area contributed by atoms with Gasteiger partial charge in [0.1, 0.15) is 22.7 Å². The molecule has 9 heteroatoms. The Hall–Kier alpha value is -4.53. The minimum absolute atomic E-state index is 0.169. The van der Waals surface area contributed by atoms with Gasteiger partial charge in [0, 0.05) is 23.5 Å². The molecule has 35 heavy (non-hydrogen) atoms. The van der Waals surface area contributed by atoms with Crippen molar-refractivity contribution in [2.75, 3.05) is 13.4 Å². The quantitative estimate of drug-likeness (QED) is 0.365. The van der Waals surface area contributed by atoms with E-state index in [9.17, 15) is 4.79 Å². The Morgan fingerprint density at radius 1 is 1.00 bits per heavy atom. The van der Waals surface area contributed by atoms with Crippen LogP contribution >= 0.6 is 0 Å². The largest absolute Gasteiger partial charge is 0.494 e. The standard InChI is InChI=1S/C26H22N4O5/c1-3-32-19-7-4-17(5-8-19)25-27-21(16(2)35-25)14-29-10-11-30-22(26(29)31)13-20(28-30)18-6-9-23-24(12-18)34-15-33-23/h4-13H,3,14-15H2,1-2H3. The summed E-state index contributed by atoms with van der Waals surface area (Å²) in [7, 11) is 0. The average molecular weight is 470 g/mol. The van der Waals surface area contributed by atoms with Gasteiger partial charge in [-0.3, -0.25) is 4.79 Å². The Labute approximate surface area is 200 Å². The fourth-order valence-electron chi connectivity index (χ4n) is 4.07. The Morgan fingerprint density at radius 3 is 2.63 bits per heavy atom. The number of aromatic nitrogens is 4. The third kappa shape index (κ3) is 3.80. The Kier molecular flexibility index (Phi) is 5.02. The van der Waals surface area contributed by atoms with Crippen LogP contribution in [0.25, 0.3) is 28.2 Å². The van der Waals surface area contributed by atoms with Crippen LogP contribution in [0.15, 0.2) is 70.1 Å². The van der Waals surface area contributed by atoms with Crippen molar-refractivity contribution in [3.8, 4) is 40.0 Å². The summed E-state index contributed by atoms with van der Waals surface area (Å²) < 4.78 is 25.4. The fraction of sp³-hybridized carbons (Fsp3) is 0.192. The molecule has 0 saturated heterocycles. The van der Waals surface area contributed by atoms with Gasteiger partial charge in [0.05, 0.1) is 18.8 Å². The predicted molar refractivity (Wildman–Crippen MR) is 128 cm³/mol. The first-order valence-corrected chi connectivity index (χ1v) is 11.3. The topological polar surface area (TPSA) is 93.0 Å². The Morgan fingerprint density at radius 2 is 1.80 bits per heavy atom. The van der Waals surface area contributed by atoms with E-state index in [0.717, 1.165) is 16.9 Å². The van der Waals surface area contributed by atoms with Crippen LogP contribution in [0.2, 0.25) is 0 Å². The maximum absolute atomic E-state index is 13.2. The van der Waals surface area contributed by atoms with Gasteiger partial charge in [0.25, 0.3) is 5.56 Å². The van der Waals surface area contributed by atoms with E-state index >= 15 is 0 Å². The highest BCUT2D eigenvalue weighted by atomic mass is 16.7. The number of fused-ring (bicyclic) bond motifs is 2. The molecule has 0 bridgehead atoms. The first-order valence-electron chi connectivity index (χ1n) is 11.3. The van der Waals surface area contributed by atoms with Crippen LogP contribution in [0.4, 0.5) is 0 Å². The molecule has 5 aromatic rings. The van der Waals surface area contributed by atoms with Crippen LogP contribution in [-0.2, 0) is 6.54 Å². The molecule has 0 aliphatic carbocycles. The second-order valence-corrected chi connectivity index (χ2v) is 8.14. The van der Waals surface area contributed by atoms with E-state index in [1.807, 2.05) is 56.3 Å². The molecular weight excluding hydrogens is 448 g/mol. The van der Waals surface area contributed by atoms with Crippen LogP contribution < -0.4 is 19.8 Å². The van der Waals surface area contributed by atoms with Gasteiger partial charge in [-0.1, -0.05) is 0 Å². The number of benzene rings is 2. The summed E-state index contributed by atoms with van der Waals surface area (Å²) in [4.78, 5) is 17.9. The molecule has 0 saturated carbocycles. The number of oxazole rings is 1. The van der Waals surface area contributed by atoms with Gasteiger partial charge in [-0.05, 0) is 62.4 Å². The molecular formula is C26H22N4O5. The van der Waals surface area contributed by atoms with Crippen molar-refractivity contribution in [2.24, 2.45) is 0 Å². The molecule has 1 aliphatic heterocycles. The van der Waals surface area contributed by atoms with Crippen molar-refractivity contribution < 1.29 is 18.6 Å². The molecule has 1 aliphatic rings. The zero-order chi connectivity index (χ0) is 23.9.